The van der Waals surface area contributed by atoms with Gasteiger partial charge < -0.3 is 15.7 Å². The zero-order chi connectivity index (χ0) is 18.1. The van der Waals surface area contributed by atoms with Crippen molar-refractivity contribution in [3.63, 3.8) is 0 Å². The zero-order valence-electron chi connectivity index (χ0n) is 14.2. The fraction of sp³-hybridized carbons (Fsp3) is 0.333. The molecule has 1 fully saturated rings. The van der Waals surface area contributed by atoms with Crippen LogP contribution in [0, 0.1) is 0 Å². The highest BCUT2D eigenvalue weighted by atomic mass is 32.2. The van der Waals surface area contributed by atoms with Crippen LogP contribution in [-0.2, 0) is 16.6 Å². The van der Waals surface area contributed by atoms with Gasteiger partial charge in [-0.1, -0.05) is 17.8 Å². The number of hydrogen-bond acceptors (Lipinski definition) is 6. The number of hydrogen-bond donors (Lipinski definition) is 4. The standard InChI is InChI=1S/C18H21N3O3S2/c22-16-2-1-3-17-14(16)11-20-15-5-4-13(10-18(15)25-17)26(23,24)21-12-6-8-19-9-7-12/h1-5,10,12,19-22H,6-9,11H2. The molecule has 4 N–H and O–H groups in total. The van der Waals surface area contributed by atoms with Crippen molar-refractivity contribution in [1.82, 2.24) is 10.0 Å². The van der Waals surface area contributed by atoms with Crippen molar-refractivity contribution in [3.8, 4) is 5.75 Å². The second kappa shape index (κ2) is 7.11. The molecular weight excluding hydrogens is 370 g/mol. The van der Waals surface area contributed by atoms with Gasteiger partial charge in [0.05, 0.1) is 4.90 Å². The number of sulfonamides is 1. The Morgan fingerprint density at radius 3 is 2.73 bits per heavy atom. The average molecular weight is 392 g/mol. The van der Waals surface area contributed by atoms with Gasteiger partial charge in [-0.15, -0.1) is 0 Å². The van der Waals surface area contributed by atoms with E-state index < -0.39 is 10.0 Å². The van der Waals surface area contributed by atoms with Gasteiger partial charge in [-0.05, 0) is 56.3 Å². The summed E-state index contributed by atoms with van der Waals surface area (Å²) >= 11 is 1.47. The Bertz CT molecular complexity index is 925. The summed E-state index contributed by atoms with van der Waals surface area (Å²) in [6.07, 6.45) is 1.60. The molecule has 26 heavy (non-hydrogen) atoms. The van der Waals surface area contributed by atoms with Crippen LogP contribution in [0.2, 0.25) is 0 Å². The van der Waals surface area contributed by atoms with Gasteiger partial charge in [0.2, 0.25) is 10.0 Å². The number of fused-ring (bicyclic) bond motifs is 2. The molecular formula is C18H21N3O3S2. The molecule has 0 spiro atoms. The van der Waals surface area contributed by atoms with Crippen LogP contribution in [-0.4, -0.2) is 32.7 Å². The molecule has 6 nitrogen and oxygen atoms in total. The average Bonchev–Trinajstić information content (AvgIpc) is 2.81. The zero-order valence-corrected chi connectivity index (χ0v) is 15.8. The third-order valence-electron chi connectivity index (χ3n) is 4.71. The number of nitrogens with one attached hydrogen (secondary N) is 3. The maximum atomic E-state index is 12.8. The lowest BCUT2D eigenvalue weighted by Crippen LogP contribution is -2.42. The number of phenolic OH excluding ortho intramolecular Hbond substituents is 1. The molecule has 0 amide bonds. The van der Waals surface area contributed by atoms with Crippen LogP contribution in [0.15, 0.2) is 51.1 Å². The summed E-state index contributed by atoms with van der Waals surface area (Å²) < 4.78 is 28.4. The van der Waals surface area contributed by atoms with E-state index >= 15 is 0 Å². The van der Waals surface area contributed by atoms with Gasteiger partial charge in [0.25, 0.3) is 0 Å². The first-order valence-electron chi connectivity index (χ1n) is 8.62. The minimum atomic E-state index is -3.56. The molecule has 0 aliphatic carbocycles. The summed E-state index contributed by atoms with van der Waals surface area (Å²) in [6.45, 7) is 2.16. The third kappa shape index (κ3) is 3.55. The predicted octanol–water partition coefficient (Wildman–Crippen LogP) is 2.50. The molecule has 0 atom stereocenters. The van der Waals surface area contributed by atoms with E-state index in [1.807, 2.05) is 6.07 Å². The topological polar surface area (TPSA) is 90.5 Å². The van der Waals surface area contributed by atoms with Gasteiger partial charge in [0.1, 0.15) is 5.75 Å². The lowest BCUT2D eigenvalue weighted by Gasteiger charge is -2.23. The summed E-state index contributed by atoms with van der Waals surface area (Å²) in [7, 11) is -3.56. The Labute approximate surface area is 157 Å². The van der Waals surface area contributed by atoms with E-state index in [0.29, 0.717) is 6.54 Å². The molecule has 0 bridgehead atoms. The molecule has 2 aliphatic heterocycles. The van der Waals surface area contributed by atoms with Crippen LogP contribution in [0.1, 0.15) is 18.4 Å². The Morgan fingerprint density at radius 2 is 1.92 bits per heavy atom. The Kier molecular flexibility index (Phi) is 4.83. The van der Waals surface area contributed by atoms with Gasteiger partial charge in [-0.3, -0.25) is 0 Å². The number of benzene rings is 2. The van der Waals surface area contributed by atoms with E-state index in [-0.39, 0.29) is 16.7 Å². The van der Waals surface area contributed by atoms with Crippen LogP contribution in [0.25, 0.3) is 0 Å². The molecule has 8 heteroatoms. The first-order valence-corrected chi connectivity index (χ1v) is 10.9. The van der Waals surface area contributed by atoms with E-state index in [1.165, 1.54) is 11.8 Å². The van der Waals surface area contributed by atoms with Crippen molar-refractivity contribution in [2.75, 3.05) is 18.4 Å². The van der Waals surface area contributed by atoms with Crippen molar-refractivity contribution >= 4 is 27.5 Å². The van der Waals surface area contributed by atoms with Crippen molar-refractivity contribution in [1.29, 1.82) is 0 Å². The van der Waals surface area contributed by atoms with Crippen LogP contribution < -0.4 is 15.4 Å². The summed E-state index contributed by atoms with van der Waals surface area (Å²) in [4.78, 5) is 2.03. The number of anilines is 1. The maximum absolute atomic E-state index is 12.8. The van der Waals surface area contributed by atoms with Crippen molar-refractivity contribution in [3.05, 3.63) is 42.0 Å². The van der Waals surface area contributed by atoms with Gasteiger partial charge in [-0.2, -0.15) is 0 Å². The Balaban J connectivity index is 1.63. The lowest BCUT2D eigenvalue weighted by molar-refractivity contribution is 0.427. The highest BCUT2D eigenvalue weighted by molar-refractivity contribution is 7.99. The molecule has 2 aliphatic rings. The summed E-state index contributed by atoms with van der Waals surface area (Å²) in [5, 5.41) is 16.6. The van der Waals surface area contributed by atoms with Crippen molar-refractivity contribution < 1.29 is 13.5 Å². The number of rotatable bonds is 3. The molecule has 4 rings (SSSR count). The first kappa shape index (κ1) is 17.7. The molecule has 1 saturated heterocycles. The van der Waals surface area contributed by atoms with E-state index in [9.17, 15) is 13.5 Å². The summed E-state index contributed by atoms with van der Waals surface area (Å²) in [5.74, 6) is 0.246. The van der Waals surface area contributed by atoms with Crippen molar-refractivity contribution in [2.45, 2.75) is 40.1 Å². The molecule has 0 aromatic heterocycles. The second-order valence-corrected chi connectivity index (χ2v) is 9.31. The molecule has 0 saturated carbocycles. The smallest absolute Gasteiger partial charge is 0.240 e. The van der Waals surface area contributed by atoms with Crippen molar-refractivity contribution in [2.24, 2.45) is 0 Å². The summed E-state index contributed by atoms with van der Waals surface area (Å²) in [6, 6.07) is 10.5. The molecule has 138 valence electrons. The maximum Gasteiger partial charge on any atom is 0.240 e. The SMILES string of the molecule is O=S(=O)(NC1CCNCC1)c1ccc2c(c1)Sc1cccc(O)c1CN2. The van der Waals surface area contributed by atoms with E-state index in [4.69, 9.17) is 0 Å². The molecule has 0 radical (unpaired) electrons. The van der Waals surface area contributed by atoms with Gasteiger partial charge in [0.15, 0.2) is 0 Å². The normalized spacial score (nSPS) is 17.7. The number of piperidine rings is 1. The van der Waals surface area contributed by atoms with E-state index in [1.54, 1.807) is 30.3 Å². The lowest BCUT2D eigenvalue weighted by atomic mass is 10.1. The highest BCUT2D eigenvalue weighted by Crippen LogP contribution is 2.42. The predicted molar refractivity (Wildman–Crippen MR) is 102 cm³/mol. The van der Waals surface area contributed by atoms with Crippen LogP contribution in [0.4, 0.5) is 5.69 Å². The highest BCUT2D eigenvalue weighted by Gasteiger charge is 2.24. The summed E-state index contributed by atoms with van der Waals surface area (Å²) in [5.41, 5.74) is 1.69. The van der Waals surface area contributed by atoms with Crippen LogP contribution >= 0.6 is 11.8 Å². The van der Waals surface area contributed by atoms with Gasteiger partial charge >= 0.3 is 0 Å². The first-order chi connectivity index (χ1) is 12.5. The number of phenols is 1. The quantitative estimate of drug-likeness (QED) is 0.643. The minimum Gasteiger partial charge on any atom is -0.508 e. The fourth-order valence-electron chi connectivity index (χ4n) is 3.26. The molecule has 2 aromatic rings. The van der Waals surface area contributed by atoms with E-state index in [0.717, 1.165) is 47.0 Å². The Morgan fingerprint density at radius 1 is 1.12 bits per heavy atom. The molecule has 2 heterocycles. The molecule has 2 aromatic carbocycles. The van der Waals surface area contributed by atoms with Crippen LogP contribution in [0.5, 0.6) is 5.75 Å². The van der Waals surface area contributed by atoms with E-state index in [2.05, 4.69) is 15.4 Å². The van der Waals surface area contributed by atoms with Crippen LogP contribution in [0.3, 0.4) is 0 Å². The van der Waals surface area contributed by atoms with Gasteiger partial charge in [-0.25, -0.2) is 13.1 Å². The Hall–Kier alpha value is -1.74. The second-order valence-electron chi connectivity index (χ2n) is 6.51. The largest absolute Gasteiger partial charge is 0.508 e. The van der Waals surface area contributed by atoms with Gasteiger partial charge in [0, 0.05) is 33.6 Å². The monoisotopic (exact) mass is 391 g/mol. The fourth-order valence-corrected chi connectivity index (χ4v) is 5.78. The third-order valence-corrected chi connectivity index (χ3v) is 7.39. The number of aromatic hydroxyl groups is 1. The minimum absolute atomic E-state index is 0.0245. The molecule has 0 unspecified atom stereocenters.